The first-order valence-corrected chi connectivity index (χ1v) is 10.6. The van der Waals surface area contributed by atoms with Crippen molar-refractivity contribution in [2.24, 2.45) is 4.99 Å². The molecular weight excluding hydrogens is 451 g/mol. The van der Waals surface area contributed by atoms with E-state index in [2.05, 4.69) is 20.5 Å². The monoisotopic (exact) mass is 474 g/mol. The second-order valence-corrected chi connectivity index (χ2v) is 7.64. The fraction of sp³-hybridized carbons (Fsp3) is 0.318. The third-order valence-electron chi connectivity index (χ3n) is 4.91. The molecule has 0 radical (unpaired) electrons. The minimum Gasteiger partial charge on any atom is -0.368 e. The van der Waals surface area contributed by atoms with Crippen LogP contribution in [0.5, 0.6) is 0 Å². The molecule has 0 spiro atoms. The lowest BCUT2D eigenvalue weighted by atomic mass is 10.2. The van der Waals surface area contributed by atoms with Crippen LogP contribution in [0.2, 0.25) is 5.02 Å². The molecule has 1 aliphatic heterocycles. The minimum absolute atomic E-state index is 0.0760. The van der Waals surface area contributed by atoms with E-state index in [4.69, 9.17) is 26.7 Å². The molecule has 1 unspecified atom stereocenters. The van der Waals surface area contributed by atoms with E-state index in [9.17, 15) is 9.18 Å². The normalized spacial score (nSPS) is 15.1. The molecule has 1 fully saturated rings. The molecule has 0 aromatic heterocycles. The summed E-state index contributed by atoms with van der Waals surface area (Å²) in [6.45, 7) is 3.59. The maximum absolute atomic E-state index is 14.1. The van der Waals surface area contributed by atoms with Gasteiger partial charge in [0.15, 0.2) is 6.29 Å². The standard InChI is InChI=1S/C22H24ClFN6O3/c1-15(31)33-13-20(32)27-16-5-7-17(8-6-16)29-9-11-30(12-10-29)22(26-14-25)28-21-18(23)3-2-4-19(21)24/h2-8,15,31H,9-13H2,1H3,(H,26,28)(H,27,32). The largest absolute Gasteiger partial charge is 0.368 e. The van der Waals surface area contributed by atoms with Crippen molar-refractivity contribution in [2.75, 3.05) is 48.3 Å². The number of halogens is 2. The summed E-state index contributed by atoms with van der Waals surface area (Å²) >= 11 is 6.08. The predicted molar refractivity (Wildman–Crippen MR) is 125 cm³/mol. The smallest absolute Gasteiger partial charge is 0.250 e. The lowest BCUT2D eigenvalue weighted by Gasteiger charge is -2.37. The van der Waals surface area contributed by atoms with Crippen molar-refractivity contribution in [3.05, 3.63) is 53.3 Å². The first-order chi connectivity index (χ1) is 15.9. The maximum Gasteiger partial charge on any atom is 0.250 e. The number of benzene rings is 2. The molecule has 1 aliphatic rings. The number of hydrogen-bond donors (Lipinski definition) is 3. The number of anilines is 3. The van der Waals surface area contributed by atoms with Crippen molar-refractivity contribution in [3.8, 4) is 6.19 Å². The number of piperazine rings is 1. The summed E-state index contributed by atoms with van der Waals surface area (Å²) in [6.07, 6.45) is 0.746. The zero-order valence-corrected chi connectivity index (χ0v) is 18.7. The molecule has 2 aromatic rings. The summed E-state index contributed by atoms with van der Waals surface area (Å²) < 4.78 is 19.0. The average Bonchev–Trinajstić information content (AvgIpc) is 2.80. The van der Waals surface area contributed by atoms with E-state index in [0.29, 0.717) is 31.9 Å². The van der Waals surface area contributed by atoms with Gasteiger partial charge < -0.3 is 30.3 Å². The predicted octanol–water partition coefficient (Wildman–Crippen LogP) is 2.84. The van der Waals surface area contributed by atoms with Gasteiger partial charge in [-0.05, 0) is 43.3 Å². The fourth-order valence-electron chi connectivity index (χ4n) is 3.28. The molecular formula is C22H24ClFN6O3. The molecule has 0 bridgehead atoms. The number of nitriles is 1. The topological polar surface area (TPSA) is 113 Å². The Morgan fingerprint density at radius 2 is 1.94 bits per heavy atom. The van der Waals surface area contributed by atoms with E-state index < -0.39 is 12.1 Å². The second kappa shape index (κ2) is 11.5. The van der Waals surface area contributed by atoms with Crippen molar-refractivity contribution in [1.82, 2.24) is 4.90 Å². The van der Waals surface area contributed by atoms with Crippen LogP contribution in [0.3, 0.4) is 0 Å². The van der Waals surface area contributed by atoms with Crippen LogP contribution in [0.1, 0.15) is 6.92 Å². The molecule has 2 aromatic carbocycles. The third kappa shape index (κ3) is 6.79. The Kier molecular flexibility index (Phi) is 8.43. The first kappa shape index (κ1) is 24.3. The molecule has 9 nitrogen and oxygen atoms in total. The zero-order chi connectivity index (χ0) is 23.8. The summed E-state index contributed by atoms with van der Waals surface area (Å²) in [6, 6.07) is 11.7. The Labute approximate surface area is 196 Å². The summed E-state index contributed by atoms with van der Waals surface area (Å²) in [7, 11) is 0. The highest BCUT2D eigenvalue weighted by atomic mass is 35.5. The number of carbonyl (C=O) groups excluding carboxylic acids is 1. The number of hydrogen-bond acceptors (Lipinski definition) is 6. The van der Waals surface area contributed by atoms with Gasteiger partial charge in [-0.15, -0.1) is 4.99 Å². The molecule has 0 aliphatic carbocycles. The van der Waals surface area contributed by atoms with Crippen LogP contribution in [-0.2, 0) is 9.53 Å². The second-order valence-electron chi connectivity index (χ2n) is 7.24. The highest BCUT2D eigenvalue weighted by molar-refractivity contribution is 6.33. The zero-order valence-electron chi connectivity index (χ0n) is 18.0. The third-order valence-corrected chi connectivity index (χ3v) is 5.22. The molecule has 3 rings (SSSR count). The summed E-state index contributed by atoms with van der Waals surface area (Å²) in [5.41, 5.74) is 1.66. The van der Waals surface area contributed by atoms with E-state index in [0.717, 1.165) is 5.69 Å². The van der Waals surface area contributed by atoms with Gasteiger partial charge in [0.1, 0.15) is 12.4 Å². The van der Waals surface area contributed by atoms with Crippen molar-refractivity contribution in [1.29, 1.82) is 5.26 Å². The summed E-state index contributed by atoms with van der Waals surface area (Å²) in [5.74, 6) is -0.651. The molecule has 33 heavy (non-hydrogen) atoms. The minimum atomic E-state index is -1.01. The molecule has 11 heteroatoms. The Morgan fingerprint density at radius 3 is 2.55 bits per heavy atom. The number of aliphatic hydroxyl groups excluding tert-OH is 1. The van der Waals surface area contributed by atoms with Gasteiger partial charge in [0.25, 0.3) is 0 Å². The van der Waals surface area contributed by atoms with Gasteiger partial charge in [0.2, 0.25) is 18.1 Å². The van der Waals surface area contributed by atoms with Gasteiger partial charge in [0.05, 0.1) is 10.7 Å². The molecule has 0 saturated carbocycles. The number of rotatable bonds is 6. The number of nitrogens with one attached hydrogen (secondary N) is 2. The lowest BCUT2D eigenvalue weighted by Crippen LogP contribution is -2.50. The SMILES string of the molecule is CC(O)OCC(=O)Nc1ccc(N2CCN(/C(=N\C#N)Nc3c(F)cccc3Cl)CC2)cc1. The number of para-hydroxylation sites is 1. The lowest BCUT2D eigenvalue weighted by molar-refractivity contribution is -0.133. The Bertz CT molecular complexity index is 1010. The van der Waals surface area contributed by atoms with Gasteiger partial charge in [-0.3, -0.25) is 4.79 Å². The molecule has 174 valence electrons. The maximum atomic E-state index is 14.1. The van der Waals surface area contributed by atoms with E-state index in [1.54, 1.807) is 24.4 Å². The molecule has 1 atom stereocenters. The van der Waals surface area contributed by atoms with E-state index in [1.807, 2.05) is 17.0 Å². The Morgan fingerprint density at radius 1 is 1.24 bits per heavy atom. The van der Waals surface area contributed by atoms with Crippen molar-refractivity contribution in [2.45, 2.75) is 13.2 Å². The number of ether oxygens (including phenoxy) is 1. The van der Waals surface area contributed by atoms with Gasteiger partial charge >= 0.3 is 0 Å². The van der Waals surface area contributed by atoms with Crippen LogP contribution >= 0.6 is 11.6 Å². The van der Waals surface area contributed by atoms with Crippen molar-refractivity contribution < 1.29 is 19.0 Å². The molecule has 1 heterocycles. The van der Waals surface area contributed by atoms with Gasteiger partial charge in [0, 0.05) is 37.6 Å². The number of aliphatic imine (C=N–C) groups is 1. The van der Waals surface area contributed by atoms with Crippen LogP contribution < -0.4 is 15.5 Å². The van der Waals surface area contributed by atoms with Crippen LogP contribution in [0.4, 0.5) is 21.5 Å². The average molecular weight is 475 g/mol. The van der Waals surface area contributed by atoms with Gasteiger partial charge in [-0.1, -0.05) is 17.7 Å². The van der Waals surface area contributed by atoms with E-state index in [1.165, 1.54) is 19.1 Å². The van der Waals surface area contributed by atoms with Crippen LogP contribution in [-0.4, -0.2) is 60.9 Å². The highest BCUT2D eigenvalue weighted by Gasteiger charge is 2.22. The number of amides is 1. The van der Waals surface area contributed by atoms with Crippen molar-refractivity contribution >= 4 is 40.5 Å². The Hall–Kier alpha value is -3.39. The quantitative estimate of drug-likeness (QED) is 0.255. The van der Waals surface area contributed by atoms with Gasteiger partial charge in [-0.2, -0.15) is 5.26 Å². The highest BCUT2D eigenvalue weighted by Crippen LogP contribution is 2.25. The number of guanidine groups is 1. The van der Waals surface area contributed by atoms with Crippen LogP contribution in [0.15, 0.2) is 47.5 Å². The van der Waals surface area contributed by atoms with E-state index in [-0.39, 0.29) is 29.2 Å². The first-order valence-electron chi connectivity index (χ1n) is 10.2. The Balaban J connectivity index is 1.57. The number of nitrogens with zero attached hydrogens (tertiary/aromatic N) is 4. The fourth-order valence-corrected chi connectivity index (χ4v) is 3.49. The van der Waals surface area contributed by atoms with Crippen molar-refractivity contribution in [3.63, 3.8) is 0 Å². The number of aliphatic hydroxyl groups is 1. The summed E-state index contributed by atoms with van der Waals surface area (Å²) in [5, 5.41) is 23.9. The van der Waals surface area contributed by atoms with Crippen LogP contribution in [0, 0.1) is 17.3 Å². The number of carbonyl (C=O) groups is 1. The van der Waals surface area contributed by atoms with E-state index >= 15 is 0 Å². The summed E-state index contributed by atoms with van der Waals surface area (Å²) in [4.78, 5) is 19.6. The van der Waals surface area contributed by atoms with Gasteiger partial charge in [-0.25, -0.2) is 4.39 Å². The molecule has 3 N–H and O–H groups in total. The molecule has 1 saturated heterocycles. The molecule has 1 amide bonds. The van der Waals surface area contributed by atoms with Crippen LogP contribution in [0.25, 0.3) is 0 Å².